The van der Waals surface area contributed by atoms with Crippen LogP contribution < -0.4 is 5.32 Å². The van der Waals surface area contributed by atoms with Gasteiger partial charge in [0.25, 0.3) is 5.91 Å². The summed E-state index contributed by atoms with van der Waals surface area (Å²) in [7, 11) is 0. The van der Waals surface area contributed by atoms with Crippen LogP contribution in [-0.2, 0) is 11.2 Å². The Bertz CT molecular complexity index is 1410. The zero-order chi connectivity index (χ0) is 29.3. The zero-order valence-corrected chi connectivity index (χ0v) is 24.5. The van der Waals surface area contributed by atoms with Crippen molar-refractivity contribution in [2.24, 2.45) is 11.8 Å². The first-order valence-corrected chi connectivity index (χ1v) is 14.8. The van der Waals surface area contributed by atoms with Gasteiger partial charge in [0.2, 0.25) is 5.91 Å². The molecule has 0 radical (unpaired) electrons. The highest BCUT2D eigenvalue weighted by Gasteiger charge is 2.43. The van der Waals surface area contributed by atoms with E-state index >= 15 is 0 Å². The third-order valence-electron chi connectivity index (χ3n) is 8.82. The molecule has 0 aromatic heterocycles. The number of benzene rings is 2. The third kappa shape index (κ3) is 6.38. The summed E-state index contributed by atoms with van der Waals surface area (Å²) >= 11 is 0. The lowest BCUT2D eigenvalue weighted by molar-refractivity contribution is -0.123. The summed E-state index contributed by atoms with van der Waals surface area (Å²) in [4.78, 5) is 29.6. The first kappa shape index (κ1) is 29.0. The summed E-state index contributed by atoms with van der Waals surface area (Å²) in [6, 6.07) is 10.3. The van der Waals surface area contributed by atoms with E-state index in [1.54, 1.807) is 37.8 Å². The molecule has 0 spiro atoms. The van der Waals surface area contributed by atoms with E-state index < -0.39 is 23.4 Å². The number of carbonyl (C=O) groups is 2. The maximum atomic E-state index is 15.0. The van der Waals surface area contributed by atoms with Gasteiger partial charge in [0, 0.05) is 18.2 Å². The van der Waals surface area contributed by atoms with E-state index in [-0.39, 0.29) is 23.3 Å². The average Bonchev–Trinajstić information content (AvgIpc) is 3.31. The van der Waals surface area contributed by atoms with Gasteiger partial charge in [-0.3, -0.25) is 9.59 Å². The molecule has 216 valence electrons. The van der Waals surface area contributed by atoms with Crippen molar-refractivity contribution in [2.75, 3.05) is 11.9 Å². The van der Waals surface area contributed by atoms with E-state index in [4.69, 9.17) is 0 Å². The predicted octanol–water partition coefficient (Wildman–Crippen LogP) is 7.01. The molecular weight excluding hydrogens is 515 g/mol. The Balaban J connectivity index is 1.43. The maximum absolute atomic E-state index is 15.0. The monoisotopic (exact) mass is 556 g/mol. The van der Waals surface area contributed by atoms with Gasteiger partial charge in [-0.1, -0.05) is 48.1 Å². The molecule has 5 rings (SSSR count). The molecule has 2 amide bonds. The fraction of sp³-hybridized carbons (Fsp3) is 0.429. The Morgan fingerprint density at radius 3 is 2.66 bits per heavy atom. The van der Waals surface area contributed by atoms with Gasteiger partial charge < -0.3 is 15.3 Å². The van der Waals surface area contributed by atoms with Crippen LogP contribution in [0, 0.1) is 24.6 Å². The number of piperidine rings is 1. The molecule has 41 heavy (non-hydrogen) atoms. The standard InChI is InChI=1S/C35H41FN2O3/c1-22-10-13-25-16-17-27(21-29(22)25)37-33(39)28-8-6-20-38(34(40)31-23(2)7-5-9-30(31)36)32(28)26-14-11-24(12-15-26)18-19-35(3,4)41/h5,7,9-12,14,16-17,21,26,28,32,41H,6,8,13,15,18-20H2,1-4H3,(H,37,39)/t26?,28-,32-/m0/s1. The maximum Gasteiger partial charge on any atom is 0.257 e. The fourth-order valence-electron chi connectivity index (χ4n) is 6.50. The van der Waals surface area contributed by atoms with Gasteiger partial charge in [0.05, 0.1) is 23.1 Å². The minimum absolute atomic E-state index is 0.0839. The van der Waals surface area contributed by atoms with Crippen molar-refractivity contribution < 1.29 is 19.1 Å². The number of anilines is 1. The molecule has 2 aromatic rings. The normalized spacial score (nSPS) is 22.2. The number of nitrogens with zero attached hydrogens (tertiary/aromatic N) is 1. The van der Waals surface area contributed by atoms with E-state index in [0.29, 0.717) is 37.8 Å². The van der Waals surface area contributed by atoms with E-state index in [1.807, 2.05) is 12.1 Å². The van der Waals surface area contributed by atoms with Crippen molar-refractivity contribution in [3.63, 3.8) is 0 Å². The second-order valence-electron chi connectivity index (χ2n) is 12.5. The second kappa shape index (κ2) is 11.8. The Hall–Kier alpha value is -3.51. The number of aryl methyl sites for hydroxylation is 1. The van der Waals surface area contributed by atoms with Crippen LogP contribution in [0.4, 0.5) is 10.1 Å². The van der Waals surface area contributed by atoms with E-state index in [1.165, 1.54) is 17.2 Å². The Kier molecular flexibility index (Phi) is 8.32. The Labute approximate surface area is 242 Å². The molecule has 2 aliphatic carbocycles. The number of hydrogen-bond acceptors (Lipinski definition) is 3. The summed E-state index contributed by atoms with van der Waals surface area (Å²) < 4.78 is 15.0. The first-order valence-electron chi connectivity index (χ1n) is 14.8. The van der Waals surface area contributed by atoms with Gasteiger partial charge in [-0.25, -0.2) is 4.39 Å². The highest BCUT2D eigenvalue weighted by atomic mass is 19.1. The van der Waals surface area contributed by atoms with Crippen molar-refractivity contribution >= 4 is 23.1 Å². The molecule has 1 aliphatic heterocycles. The fourth-order valence-corrected chi connectivity index (χ4v) is 6.50. The van der Waals surface area contributed by atoms with Crippen LogP contribution in [0.2, 0.25) is 0 Å². The summed E-state index contributed by atoms with van der Waals surface area (Å²) in [6.45, 7) is 7.93. The largest absolute Gasteiger partial charge is 0.390 e. The average molecular weight is 557 g/mol. The molecule has 6 heteroatoms. The molecule has 0 saturated carbocycles. The number of aliphatic hydroxyl groups is 1. The van der Waals surface area contributed by atoms with Gasteiger partial charge in [0.1, 0.15) is 5.82 Å². The smallest absolute Gasteiger partial charge is 0.257 e. The van der Waals surface area contributed by atoms with Crippen LogP contribution in [-0.4, -0.2) is 40.0 Å². The van der Waals surface area contributed by atoms with E-state index in [2.05, 4.69) is 42.6 Å². The number of allylic oxidation sites excluding steroid dienone is 5. The van der Waals surface area contributed by atoms with Crippen LogP contribution in [0.25, 0.3) is 5.57 Å². The number of rotatable bonds is 7. The van der Waals surface area contributed by atoms with Gasteiger partial charge >= 0.3 is 0 Å². The van der Waals surface area contributed by atoms with Crippen molar-refractivity contribution in [1.82, 2.24) is 4.90 Å². The number of likely N-dealkylation sites (tertiary alicyclic amines) is 1. The second-order valence-corrected chi connectivity index (χ2v) is 12.5. The van der Waals surface area contributed by atoms with Crippen LogP contribution in [0.3, 0.4) is 0 Å². The molecule has 1 unspecified atom stereocenters. The molecule has 3 atom stereocenters. The van der Waals surface area contributed by atoms with Crippen molar-refractivity contribution in [3.8, 4) is 0 Å². The number of hydrogen-bond donors (Lipinski definition) is 2. The molecule has 0 bridgehead atoms. The van der Waals surface area contributed by atoms with Crippen molar-refractivity contribution in [3.05, 3.63) is 94.3 Å². The van der Waals surface area contributed by atoms with Crippen LogP contribution >= 0.6 is 0 Å². The van der Waals surface area contributed by atoms with E-state index in [9.17, 15) is 19.1 Å². The van der Waals surface area contributed by atoms with E-state index in [0.717, 1.165) is 29.7 Å². The van der Waals surface area contributed by atoms with Crippen LogP contribution in [0.5, 0.6) is 0 Å². The topological polar surface area (TPSA) is 69.6 Å². The number of amides is 2. The molecule has 1 fully saturated rings. The lowest BCUT2D eigenvalue weighted by Gasteiger charge is -2.44. The van der Waals surface area contributed by atoms with Crippen molar-refractivity contribution in [1.29, 1.82) is 0 Å². The van der Waals surface area contributed by atoms with Crippen LogP contribution in [0.15, 0.2) is 66.3 Å². The summed E-state index contributed by atoms with van der Waals surface area (Å²) in [5.41, 5.74) is 5.46. The number of halogens is 1. The molecule has 2 aromatic carbocycles. The lowest BCUT2D eigenvalue weighted by atomic mass is 9.76. The highest BCUT2D eigenvalue weighted by Crippen LogP contribution is 2.37. The Morgan fingerprint density at radius 1 is 1.15 bits per heavy atom. The van der Waals surface area contributed by atoms with Gasteiger partial charge in [-0.2, -0.15) is 0 Å². The molecule has 1 saturated heterocycles. The third-order valence-corrected chi connectivity index (χ3v) is 8.82. The van der Waals surface area contributed by atoms with Crippen LogP contribution in [0.1, 0.15) is 79.9 Å². The van der Waals surface area contributed by atoms with Gasteiger partial charge in [0.15, 0.2) is 0 Å². The quantitative estimate of drug-likeness (QED) is 0.386. The minimum Gasteiger partial charge on any atom is -0.390 e. The van der Waals surface area contributed by atoms with Crippen molar-refractivity contribution in [2.45, 2.75) is 77.9 Å². The van der Waals surface area contributed by atoms with Gasteiger partial charge in [-0.05, 0) is 107 Å². The summed E-state index contributed by atoms with van der Waals surface area (Å²) in [6.07, 6.45) is 12.8. The minimum atomic E-state index is -0.745. The summed E-state index contributed by atoms with van der Waals surface area (Å²) in [5, 5.41) is 13.3. The Morgan fingerprint density at radius 2 is 1.95 bits per heavy atom. The van der Waals surface area contributed by atoms with Gasteiger partial charge in [-0.15, -0.1) is 0 Å². The zero-order valence-electron chi connectivity index (χ0n) is 24.5. The molecular formula is C35H41FN2O3. The number of fused-ring (bicyclic) bond motifs is 1. The molecule has 3 aliphatic rings. The lowest BCUT2D eigenvalue weighted by Crippen LogP contribution is -2.55. The molecule has 5 nitrogen and oxygen atoms in total. The molecule has 2 N–H and O–H groups in total. The summed E-state index contributed by atoms with van der Waals surface area (Å²) in [5.74, 6) is -1.52. The predicted molar refractivity (Wildman–Crippen MR) is 162 cm³/mol. The SMILES string of the molecule is CC1=CCc2ccc(NC(=O)[C@H]3CCCN(C(=O)c4c(C)cccc4F)[C@H]3C3C=CC(CCC(C)(C)O)=CC3)cc21. The highest BCUT2D eigenvalue weighted by molar-refractivity contribution is 5.98. The molecule has 1 heterocycles. The number of nitrogens with one attached hydrogen (secondary N) is 1. The number of carbonyl (C=O) groups excluding carboxylic acids is 2. The first-order chi connectivity index (χ1) is 19.5.